The number of anilines is 1. The number of nitrogens with zero attached hydrogens (tertiary/aromatic N) is 2. The van der Waals surface area contributed by atoms with Crippen molar-refractivity contribution in [2.45, 2.75) is 50.7 Å². The lowest BCUT2D eigenvalue weighted by atomic mass is 9.89. The van der Waals surface area contributed by atoms with Gasteiger partial charge < -0.3 is 19.9 Å². The Hall–Kier alpha value is -1.31. The number of halogens is 2. The zero-order valence-electron chi connectivity index (χ0n) is 17.9. The number of morpholine rings is 1. The lowest BCUT2D eigenvalue weighted by molar-refractivity contribution is -0.117. The van der Waals surface area contributed by atoms with Crippen molar-refractivity contribution in [1.29, 1.82) is 0 Å². The Balaban J connectivity index is 0.00000136. The third-order valence-electron chi connectivity index (χ3n) is 6.86. The Bertz CT molecular complexity index is 856. The Morgan fingerprint density at radius 3 is 2.55 bits per heavy atom. The van der Waals surface area contributed by atoms with Gasteiger partial charge in [0, 0.05) is 67.5 Å². The highest BCUT2D eigenvalue weighted by atomic mass is 35.5. The molecule has 1 aromatic heterocycles. The summed E-state index contributed by atoms with van der Waals surface area (Å²) in [7, 11) is 0. The molecule has 4 heterocycles. The van der Waals surface area contributed by atoms with Gasteiger partial charge in [0.15, 0.2) is 0 Å². The van der Waals surface area contributed by atoms with Crippen LogP contribution in [0, 0.1) is 5.92 Å². The molecule has 2 aromatic rings. The van der Waals surface area contributed by atoms with Gasteiger partial charge in [-0.1, -0.05) is 0 Å². The average Bonchev–Trinajstić information content (AvgIpc) is 3.29. The average molecular weight is 469 g/mol. The first-order valence-corrected chi connectivity index (χ1v) is 11.2. The fourth-order valence-corrected chi connectivity index (χ4v) is 5.36. The summed E-state index contributed by atoms with van der Waals surface area (Å²) in [4.78, 5) is 15.0. The molecule has 2 atom stereocenters. The second-order valence-corrected chi connectivity index (χ2v) is 8.96. The first kappa shape index (κ1) is 24.3. The lowest BCUT2D eigenvalue weighted by Crippen LogP contribution is -2.39. The van der Waals surface area contributed by atoms with Crippen molar-refractivity contribution < 1.29 is 9.53 Å². The van der Waals surface area contributed by atoms with Gasteiger partial charge in [-0.3, -0.25) is 9.69 Å². The highest BCUT2D eigenvalue weighted by Crippen LogP contribution is 2.33. The van der Waals surface area contributed by atoms with Crippen LogP contribution in [0.2, 0.25) is 0 Å². The third-order valence-corrected chi connectivity index (χ3v) is 6.86. The number of nitrogens with one attached hydrogen (secondary N) is 2. The quantitative estimate of drug-likeness (QED) is 0.678. The highest BCUT2D eigenvalue weighted by molar-refractivity contribution is 5.94. The molecule has 6 nitrogen and oxygen atoms in total. The number of aromatic nitrogens is 1. The van der Waals surface area contributed by atoms with Crippen molar-refractivity contribution in [3.05, 3.63) is 30.5 Å². The lowest BCUT2D eigenvalue weighted by Gasteiger charge is -2.28. The zero-order valence-corrected chi connectivity index (χ0v) is 19.6. The molecule has 3 aliphatic rings. The van der Waals surface area contributed by atoms with Crippen LogP contribution in [-0.2, 0) is 16.1 Å². The number of amides is 1. The number of hydrogen-bond acceptors (Lipinski definition) is 4. The fraction of sp³-hybridized carbons (Fsp3) is 0.609. The molecule has 3 saturated heterocycles. The van der Waals surface area contributed by atoms with Crippen LogP contribution >= 0.6 is 24.8 Å². The van der Waals surface area contributed by atoms with E-state index in [1.807, 2.05) is 6.07 Å². The molecule has 0 radical (unpaired) electrons. The summed E-state index contributed by atoms with van der Waals surface area (Å²) in [6.07, 6.45) is 7.66. The standard InChI is InChI=1S/C23H32N4O2.2ClH/c28-23(15-17-13-19-1-2-20(14-17)24-19)25-21-3-4-22-18(16-21)5-6-27(22)8-7-26-9-11-29-12-10-26;;/h3-6,16-17,19-20,24H,1-2,7-15H2,(H,25,28);2*1H. The van der Waals surface area contributed by atoms with Crippen molar-refractivity contribution in [3.8, 4) is 0 Å². The van der Waals surface area contributed by atoms with Crippen molar-refractivity contribution >= 4 is 47.3 Å². The van der Waals surface area contributed by atoms with Gasteiger partial charge in [0.1, 0.15) is 0 Å². The van der Waals surface area contributed by atoms with Crippen LogP contribution in [0.1, 0.15) is 32.1 Å². The summed E-state index contributed by atoms with van der Waals surface area (Å²) >= 11 is 0. The van der Waals surface area contributed by atoms with E-state index in [1.165, 1.54) is 23.7 Å². The number of ether oxygens (including phenoxy) is 1. The Labute approximate surface area is 196 Å². The Morgan fingerprint density at radius 2 is 1.81 bits per heavy atom. The van der Waals surface area contributed by atoms with Crippen molar-refractivity contribution in [3.63, 3.8) is 0 Å². The van der Waals surface area contributed by atoms with Gasteiger partial charge in [-0.05, 0) is 55.9 Å². The maximum Gasteiger partial charge on any atom is 0.224 e. The molecule has 2 N–H and O–H groups in total. The van der Waals surface area contributed by atoms with Crippen LogP contribution in [0.5, 0.6) is 0 Å². The molecule has 31 heavy (non-hydrogen) atoms. The summed E-state index contributed by atoms with van der Waals surface area (Å²) in [5.74, 6) is 0.682. The molecule has 8 heteroatoms. The molecule has 5 rings (SSSR count). The molecule has 0 aliphatic carbocycles. The molecule has 3 fully saturated rings. The van der Waals surface area contributed by atoms with Crippen LogP contribution in [0.3, 0.4) is 0 Å². The molecular formula is C23H34Cl2N4O2. The van der Waals surface area contributed by atoms with Crippen LogP contribution < -0.4 is 10.6 Å². The minimum absolute atomic E-state index is 0. The number of carbonyl (C=O) groups is 1. The third kappa shape index (κ3) is 5.93. The summed E-state index contributed by atoms with van der Waals surface area (Å²) in [6.45, 7) is 5.75. The molecule has 1 amide bonds. The monoisotopic (exact) mass is 468 g/mol. The van der Waals surface area contributed by atoms with Gasteiger partial charge in [0.2, 0.25) is 5.91 Å². The van der Waals surface area contributed by atoms with Crippen LogP contribution in [0.15, 0.2) is 30.5 Å². The van der Waals surface area contributed by atoms with Crippen LogP contribution in [0.25, 0.3) is 10.9 Å². The predicted octanol–water partition coefficient (Wildman–Crippen LogP) is 3.68. The highest BCUT2D eigenvalue weighted by Gasteiger charge is 2.34. The molecule has 2 bridgehead atoms. The fourth-order valence-electron chi connectivity index (χ4n) is 5.36. The van der Waals surface area contributed by atoms with E-state index >= 15 is 0 Å². The van der Waals surface area contributed by atoms with E-state index in [0.717, 1.165) is 57.9 Å². The first-order chi connectivity index (χ1) is 14.2. The number of carbonyl (C=O) groups excluding carboxylic acids is 1. The second-order valence-electron chi connectivity index (χ2n) is 8.96. The molecule has 0 saturated carbocycles. The molecule has 2 unspecified atom stereocenters. The van der Waals surface area contributed by atoms with Gasteiger partial charge in [-0.15, -0.1) is 24.8 Å². The Kier molecular flexibility index (Phi) is 8.65. The predicted molar refractivity (Wildman–Crippen MR) is 130 cm³/mol. The maximum absolute atomic E-state index is 12.6. The van der Waals surface area contributed by atoms with E-state index in [1.54, 1.807) is 0 Å². The minimum Gasteiger partial charge on any atom is -0.379 e. The smallest absolute Gasteiger partial charge is 0.224 e. The summed E-state index contributed by atoms with van der Waals surface area (Å²) in [5.41, 5.74) is 2.14. The molecule has 172 valence electrons. The summed E-state index contributed by atoms with van der Waals surface area (Å²) < 4.78 is 7.73. The van der Waals surface area contributed by atoms with E-state index in [4.69, 9.17) is 4.74 Å². The van der Waals surface area contributed by atoms with Gasteiger partial charge in [-0.2, -0.15) is 0 Å². The Morgan fingerprint density at radius 1 is 1.06 bits per heavy atom. The second kappa shape index (κ2) is 11.0. The number of rotatable bonds is 6. The van der Waals surface area contributed by atoms with E-state index < -0.39 is 0 Å². The number of piperidine rings is 1. The topological polar surface area (TPSA) is 58.5 Å². The van der Waals surface area contributed by atoms with E-state index in [-0.39, 0.29) is 30.7 Å². The summed E-state index contributed by atoms with van der Waals surface area (Å²) in [6, 6.07) is 9.70. The van der Waals surface area contributed by atoms with Crippen LogP contribution in [-0.4, -0.2) is 60.3 Å². The van der Waals surface area contributed by atoms with E-state index in [2.05, 4.69) is 44.5 Å². The minimum atomic E-state index is 0. The van der Waals surface area contributed by atoms with Gasteiger partial charge >= 0.3 is 0 Å². The number of fused-ring (bicyclic) bond motifs is 3. The van der Waals surface area contributed by atoms with Crippen molar-refractivity contribution in [2.24, 2.45) is 5.92 Å². The van der Waals surface area contributed by atoms with E-state index in [9.17, 15) is 4.79 Å². The van der Waals surface area contributed by atoms with Gasteiger partial charge in [0.05, 0.1) is 13.2 Å². The van der Waals surface area contributed by atoms with Gasteiger partial charge in [-0.25, -0.2) is 0 Å². The first-order valence-electron chi connectivity index (χ1n) is 11.2. The molecule has 3 aliphatic heterocycles. The molecule has 0 spiro atoms. The van der Waals surface area contributed by atoms with Crippen molar-refractivity contribution in [2.75, 3.05) is 38.2 Å². The van der Waals surface area contributed by atoms with Crippen LogP contribution in [0.4, 0.5) is 5.69 Å². The van der Waals surface area contributed by atoms with E-state index in [0.29, 0.717) is 24.4 Å². The number of hydrogen-bond donors (Lipinski definition) is 2. The largest absolute Gasteiger partial charge is 0.379 e. The normalized spacial score (nSPS) is 25.6. The maximum atomic E-state index is 12.6. The molecular weight excluding hydrogens is 435 g/mol. The van der Waals surface area contributed by atoms with Gasteiger partial charge in [0.25, 0.3) is 0 Å². The summed E-state index contributed by atoms with van der Waals surface area (Å²) in [5, 5.41) is 7.97. The number of benzene rings is 1. The molecule has 1 aromatic carbocycles. The SMILES string of the molecule is Cl.Cl.O=C(CC1CC2CCC(C1)N2)Nc1ccc2c(ccn2CCN2CCOCC2)c1. The van der Waals surface area contributed by atoms with Crippen molar-refractivity contribution in [1.82, 2.24) is 14.8 Å². The zero-order chi connectivity index (χ0) is 19.6.